The van der Waals surface area contributed by atoms with E-state index in [-0.39, 0.29) is 0 Å². The monoisotopic (exact) mass is 714 g/mol. The summed E-state index contributed by atoms with van der Waals surface area (Å²) in [7, 11) is 0. The molecule has 0 amide bonds. The molecule has 1 aliphatic rings. The maximum atomic E-state index is 6.29. The highest BCUT2D eigenvalue weighted by Gasteiger charge is 2.46. The number of furan rings is 1. The first-order chi connectivity index (χ1) is 27.7. The molecule has 3 heteroatoms. The summed E-state index contributed by atoms with van der Waals surface area (Å²) in [4.78, 5) is 10.3. The Balaban J connectivity index is 1.07. The van der Waals surface area contributed by atoms with Crippen molar-refractivity contribution in [1.82, 2.24) is 9.97 Å². The first-order valence-corrected chi connectivity index (χ1v) is 19.1. The number of benzene rings is 8. The number of nitrogens with zero attached hydrogens (tertiary/aromatic N) is 2. The molecule has 0 unspecified atom stereocenters. The number of hydrogen-bond donors (Lipinski definition) is 0. The summed E-state index contributed by atoms with van der Waals surface area (Å²) < 4.78 is 6.29. The van der Waals surface area contributed by atoms with Gasteiger partial charge in [0.2, 0.25) is 0 Å². The molecule has 262 valence electrons. The van der Waals surface area contributed by atoms with Crippen LogP contribution in [0.25, 0.3) is 78.1 Å². The van der Waals surface area contributed by atoms with Gasteiger partial charge in [0, 0.05) is 27.5 Å². The molecule has 0 aliphatic heterocycles. The van der Waals surface area contributed by atoms with Gasteiger partial charge in [-0.1, -0.05) is 170 Å². The number of rotatable bonds is 6. The predicted octanol–water partition coefficient (Wildman–Crippen LogP) is 13.4. The lowest BCUT2D eigenvalue weighted by atomic mass is 9.67. The lowest BCUT2D eigenvalue weighted by Gasteiger charge is -2.34. The molecule has 0 radical (unpaired) electrons. The molecule has 56 heavy (non-hydrogen) atoms. The minimum absolute atomic E-state index is 0.463. The molecule has 0 atom stereocenters. The van der Waals surface area contributed by atoms with Gasteiger partial charge >= 0.3 is 0 Å². The largest absolute Gasteiger partial charge is 0.456 e. The van der Waals surface area contributed by atoms with Crippen LogP contribution < -0.4 is 0 Å². The van der Waals surface area contributed by atoms with Crippen molar-refractivity contribution in [3.63, 3.8) is 0 Å². The second-order valence-electron chi connectivity index (χ2n) is 14.5. The van der Waals surface area contributed by atoms with E-state index in [0.717, 1.165) is 61.1 Å². The molecule has 10 aromatic rings. The van der Waals surface area contributed by atoms with Gasteiger partial charge in [-0.3, -0.25) is 0 Å². The molecule has 0 N–H and O–H groups in total. The highest BCUT2D eigenvalue weighted by Crippen LogP contribution is 2.56. The highest BCUT2D eigenvalue weighted by molar-refractivity contribution is 6.05. The molecule has 0 fully saturated rings. The van der Waals surface area contributed by atoms with Gasteiger partial charge in [-0.25, -0.2) is 9.97 Å². The minimum atomic E-state index is -0.463. The van der Waals surface area contributed by atoms with Crippen molar-refractivity contribution in [2.75, 3.05) is 0 Å². The van der Waals surface area contributed by atoms with Crippen LogP contribution in [0.15, 0.2) is 211 Å². The number of hydrogen-bond acceptors (Lipinski definition) is 3. The van der Waals surface area contributed by atoms with E-state index >= 15 is 0 Å². The van der Waals surface area contributed by atoms with Crippen molar-refractivity contribution < 1.29 is 4.42 Å². The van der Waals surface area contributed by atoms with E-state index in [1.54, 1.807) is 0 Å². The quantitative estimate of drug-likeness (QED) is 0.172. The van der Waals surface area contributed by atoms with Crippen molar-refractivity contribution in [2.45, 2.75) is 5.41 Å². The molecular weight excluding hydrogens is 681 g/mol. The van der Waals surface area contributed by atoms with Crippen LogP contribution >= 0.6 is 0 Å². The second kappa shape index (κ2) is 12.9. The number of aromatic nitrogens is 2. The first-order valence-electron chi connectivity index (χ1n) is 19.1. The third-order valence-electron chi connectivity index (χ3n) is 11.4. The average Bonchev–Trinajstić information content (AvgIpc) is 3.80. The number of para-hydroxylation sites is 1. The molecule has 0 spiro atoms. The van der Waals surface area contributed by atoms with Crippen molar-refractivity contribution in [3.05, 3.63) is 229 Å². The molecule has 2 aromatic heterocycles. The van der Waals surface area contributed by atoms with Crippen molar-refractivity contribution in [3.8, 4) is 56.2 Å². The third-order valence-corrected chi connectivity index (χ3v) is 11.4. The third kappa shape index (κ3) is 5.05. The summed E-state index contributed by atoms with van der Waals surface area (Å²) in [6.07, 6.45) is 0. The molecular formula is C53H34N2O. The van der Waals surface area contributed by atoms with Gasteiger partial charge in [0.25, 0.3) is 0 Å². The Labute approximate surface area is 325 Å². The first kappa shape index (κ1) is 32.1. The lowest BCUT2D eigenvalue weighted by Crippen LogP contribution is -2.28. The molecule has 0 bridgehead atoms. The smallest absolute Gasteiger partial charge is 0.160 e. The summed E-state index contributed by atoms with van der Waals surface area (Å²) >= 11 is 0. The van der Waals surface area contributed by atoms with Crippen LogP contribution in [0.5, 0.6) is 0 Å². The molecule has 3 nitrogen and oxygen atoms in total. The summed E-state index contributed by atoms with van der Waals surface area (Å²) in [5.74, 6) is 0.680. The Morgan fingerprint density at radius 2 is 0.893 bits per heavy atom. The molecule has 2 heterocycles. The van der Waals surface area contributed by atoms with Crippen LogP contribution in [-0.2, 0) is 5.41 Å². The number of fused-ring (bicyclic) bond motifs is 6. The van der Waals surface area contributed by atoms with Crippen molar-refractivity contribution >= 4 is 21.9 Å². The maximum Gasteiger partial charge on any atom is 0.160 e. The standard InChI is InChI=1S/C53H34N2O/c1-4-15-35(16-5-1)52-54-48(34-49(55-52)39-28-30-45-44-24-11-13-26-50(44)56-51(45)33-39)38-18-14-17-36(31-38)37-27-29-43-42-23-10-12-25-46(42)53(47(43)32-37,40-19-6-2-7-20-40)41-21-8-3-9-22-41/h1-34H. The summed E-state index contributed by atoms with van der Waals surface area (Å²) in [6, 6.07) is 73.4. The summed E-state index contributed by atoms with van der Waals surface area (Å²) in [5, 5.41) is 2.20. The Morgan fingerprint density at radius 3 is 1.66 bits per heavy atom. The van der Waals surface area contributed by atoms with Gasteiger partial charge in [0.1, 0.15) is 11.2 Å². The van der Waals surface area contributed by atoms with E-state index in [4.69, 9.17) is 14.4 Å². The Hall–Kier alpha value is -7.36. The molecule has 0 saturated carbocycles. The van der Waals surface area contributed by atoms with Crippen LogP contribution in [0.4, 0.5) is 0 Å². The molecule has 1 aliphatic carbocycles. The van der Waals surface area contributed by atoms with Gasteiger partial charge in [-0.05, 0) is 80.9 Å². The summed E-state index contributed by atoms with van der Waals surface area (Å²) in [6.45, 7) is 0. The Morgan fingerprint density at radius 1 is 0.339 bits per heavy atom. The van der Waals surface area contributed by atoms with Gasteiger partial charge < -0.3 is 4.42 Å². The van der Waals surface area contributed by atoms with Crippen LogP contribution in [0.2, 0.25) is 0 Å². The van der Waals surface area contributed by atoms with Crippen molar-refractivity contribution in [2.24, 2.45) is 0 Å². The molecule has 11 rings (SSSR count). The van der Waals surface area contributed by atoms with E-state index in [9.17, 15) is 0 Å². The van der Waals surface area contributed by atoms with Gasteiger partial charge in [-0.15, -0.1) is 0 Å². The fraction of sp³-hybridized carbons (Fsp3) is 0.0189. The predicted molar refractivity (Wildman–Crippen MR) is 228 cm³/mol. The van der Waals surface area contributed by atoms with E-state index in [1.165, 1.54) is 33.4 Å². The van der Waals surface area contributed by atoms with Gasteiger partial charge in [0.05, 0.1) is 16.8 Å². The van der Waals surface area contributed by atoms with Crippen LogP contribution in [0.3, 0.4) is 0 Å². The fourth-order valence-corrected chi connectivity index (χ4v) is 8.83. The van der Waals surface area contributed by atoms with Crippen molar-refractivity contribution in [1.29, 1.82) is 0 Å². The second-order valence-corrected chi connectivity index (χ2v) is 14.5. The van der Waals surface area contributed by atoms with E-state index in [2.05, 4.69) is 170 Å². The highest BCUT2D eigenvalue weighted by atomic mass is 16.3. The lowest BCUT2D eigenvalue weighted by molar-refractivity contribution is 0.669. The van der Waals surface area contributed by atoms with E-state index < -0.39 is 5.41 Å². The van der Waals surface area contributed by atoms with Gasteiger partial charge in [0.15, 0.2) is 5.82 Å². The van der Waals surface area contributed by atoms with E-state index in [0.29, 0.717) is 5.82 Å². The zero-order chi connectivity index (χ0) is 37.1. The van der Waals surface area contributed by atoms with Gasteiger partial charge in [-0.2, -0.15) is 0 Å². The SMILES string of the molecule is c1ccc(-c2nc(-c3cccc(-c4ccc5c(c4)C(c4ccccc4)(c4ccccc4)c4ccccc4-5)c3)cc(-c3ccc4c(c3)oc3ccccc34)n2)cc1. The zero-order valence-corrected chi connectivity index (χ0v) is 30.4. The summed E-state index contributed by atoms with van der Waals surface area (Å²) in [5.41, 5.74) is 15.8. The maximum absolute atomic E-state index is 6.29. The zero-order valence-electron chi connectivity index (χ0n) is 30.4. The topological polar surface area (TPSA) is 38.9 Å². The molecule has 8 aromatic carbocycles. The average molecular weight is 715 g/mol. The normalized spacial score (nSPS) is 12.8. The fourth-order valence-electron chi connectivity index (χ4n) is 8.83. The Bertz CT molecular complexity index is 3040. The minimum Gasteiger partial charge on any atom is -0.456 e. The van der Waals surface area contributed by atoms with Crippen LogP contribution in [0.1, 0.15) is 22.3 Å². The van der Waals surface area contributed by atoms with Crippen LogP contribution in [0, 0.1) is 0 Å². The van der Waals surface area contributed by atoms with E-state index in [1.807, 2.05) is 36.4 Å². The molecule has 0 saturated heterocycles. The Kier molecular flexibility index (Phi) is 7.39. The van der Waals surface area contributed by atoms with Crippen LogP contribution in [-0.4, -0.2) is 9.97 Å².